The van der Waals surface area contributed by atoms with Crippen molar-refractivity contribution in [3.8, 4) is 11.5 Å². The summed E-state index contributed by atoms with van der Waals surface area (Å²) in [6, 6.07) is 17.7. The number of hydrogen-bond donors (Lipinski definition) is 1. The van der Waals surface area contributed by atoms with Gasteiger partial charge in [0.2, 0.25) is 0 Å². The number of H-pyrrole nitrogens is 1. The van der Waals surface area contributed by atoms with Gasteiger partial charge in [-0.05, 0) is 54.6 Å². The van der Waals surface area contributed by atoms with E-state index >= 15 is 0 Å². The van der Waals surface area contributed by atoms with Crippen LogP contribution in [0, 0.1) is 0 Å². The Morgan fingerprint density at radius 3 is 2.46 bits per heavy atom. The summed E-state index contributed by atoms with van der Waals surface area (Å²) < 4.78 is 10.9. The van der Waals surface area contributed by atoms with Crippen LogP contribution in [0.2, 0.25) is 0 Å². The number of benzene rings is 2. The van der Waals surface area contributed by atoms with Crippen LogP contribution in [0.5, 0.6) is 11.5 Å². The zero-order chi connectivity index (χ0) is 17.8. The maximum Gasteiger partial charge on any atom is 0.146 e. The van der Waals surface area contributed by atoms with Crippen LogP contribution in [0.3, 0.4) is 0 Å². The molecule has 5 nitrogen and oxygen atoms in total. The monoisotopic (exact) mass is 363 g/mol. The molecule has 0 saturated carbocycles. The van der Waals surface area contributed by atoms with E-state index in [0.717, 1.165) is 38.1 Å². The second-order valence-electron chi connectivity index (χ2n) is 5.61. The first-order valence-electron chi connectivity index (χ1n) is 8.13. The van der Waals surface area contributed by atoms with E-state index < -0.39 is 0 Å². The number of pyridine rings is 1. The minimum Gasteiger partial charge on any atom is -0.497 e. The molecule has 0 amide bonds. The molecule has 0 saturated heterocycles. The van der Waals surface area contributed by atoms with E-state index in [9.17, 15) is 0 Å². The van der Waals surface area contributed by atoms with Crippen molar-refractivity contribution in [1.29, 1.82) is 0 Å². The minimum absolute atomic E-state index is 0.383. The van der Waals surface area contributed by atoms with Gasteiger partial charge < -0.3 is 14.5 Å². The highest BCUT2D eigenvalue weighted by Crippen LogP contribution is 2.29. The van der Waals surface area contributed by atoms with E-state index in [1.807, 2.05) is 42.5 Å². The van der Waals surface area contributed by atoms with Crippen molar-refractivity contribution in [3.05, 3.63) is 72.8 Å². The minimum atomic E-state index is 0.383. The Balaban J connectivity index is 1.46. The second kappa shape index (κ2) is 7.49. The number of fused-ring (bicyclic) bond motifs is 1. The van der Waals surface area contributed by atoms with Gasteiger partial charge in [0.25, 0.3) is 0 Å². The largest absolute Gasteiger partial charge is 0.497 e. The Morgan fingerprint density at radius 2 is 1.69 bits per heavy atom. The van der Waals surface area contributed by atoms with Crippen LogP contribution >= 0.6 is 11.8 Å². The molecule has 1 N–H and O–H groups in total. The Bertz CT molecular complexity index is 1000. The normalized spacial score (nSPS) is 10.8. The summed E-state index contributed by atoms with van der Waals surface area (Å²) in [5.41, 5.74) is 1.93. The average molecular weight is 363 g/mol. The summed E-state index contributed by atoms with van der Waals surface area (Å²) in [6.07, 6.45) is 3.59. The van der Waals surface area contributed by atoms with Crippen molar-refractivity contribution in [2.45, 2.75) is 16.4 Å². The maximum absolute atomic E-state index is 5.79. The predicted molar refractivity (Wildman–Crippen MR) is 102 cm³/mol. The molecule has 6 heteroatoms. The summed E-state index contributed by atoms with van der Waals surface area (Å²) in [5.74, 6) is 2.38. The molecule has 0 atom stereocenters. The number of ether oxygens (including phenoxy) is 2. The van der Waals surface area contributed by atoms with Crippen molar-refractivity contribution >= 4 is 22.8 Å². The van der Waals surface area contributed by atoms with Crippen molar-refractivity contribution < 1.29 is 9.47 Å². The summed E-state index contributed by atoms with van der Waals surface area (Å²) in [5, 5.41) is 0. The van der Waals surface area contributed by atoms with Gasteiger partial charge in [-0.2, -0.15) is 0 Å². The van der Waals surface area contributed by atoms with E-state index in [1.54, 1.807) is 31.3 Å². The van der Waals surface area contributed by atoms with Crippen LogP contribution in [-0.2, 0) is 6.61 Å². The molecule has 2 aromatic heterocycles. The average Bonchev–Trinajstić information content (AvgIpc) is 3.10. The summed E-state index contributed by atoms with van der Waals surface area (Å²) in [6.45, 7) is 0.383. The highest BCUT2D eigenvalue weighted by molar-refractivity contribution is 7.99. The van der Waals surface area contributed by atoms with Crippen LogP contribution in [0.25, 0.3) is 11.0 Å². The van der Waals surface area contributed by atoms with Crippen LogP contribution in [0.15, 0.2) is 76.8 Å². The molecule has 0 fully saturated rings. The van der Waals surface area contributed by atoms with Gasteiger partial charge in [0.15, 0.2) is 0 Å². The molecule has 0 aliphatic carbocycles. The molecule has 4 rings (SSSR count). The number of methoxy groups -OCH3 is 1. The van der Waals surface area contributed by atoms with Crippen LogP contribution in [0.1, 0.15) is 5.82 Å². The standard InChI is InChI=1S/C20H17N3O2S/c1-24-14-2-4-15(5-3-14)25-13-20-22-18-7-6-17(12-19(18)23-20)26-16-8-10-21-11-9-16/h2-12H,13H2,1H3,(H,22,23). The van der Waals surface area contributed by atoms with Crippen LogP contribution < -0.4 is 9.47 Å². The van der Waals surface area contributed by atoms with Gasteiger partial charge in [-0.25, -0.2) is 4.98 Å². The predicted octanol–water partition coefficient (Wildman–Crippen LogP) is 4.70. The highest BCUT2D eigenvalue weighted by Gasteiger charge is 2.06. The number of hydrogen-bond acceptors (Lipinski definition) is 5. The van der Waals surface area contributed by atoms with E-state index in [1.165, 1.54) is 0 Å². The molecular formula is C20H17N3O2S. The molecule has 0 spiro atoms. The third kappa shape index (κ3) is 3.81. The summed E-state index contributed by atoms with van der Waals surface area (Å²) in [4.78, 5) is 14.3. The first kappa shape index (κ1) is 16.5. The molecule has 0 unspecified atom stereocenters. The summed E-state index contributed by atoms with van der Waals surface area (Å²) in [7, 11) is 1.64. The number of aromatic amines is 1. The lowest BCUT2D eigenvalue weighted by Gasteiger charge is -2.05. The van der Waals surface area contributed by atoms with E-state index in [-0.39, 0.29) is 0 Å². The molecule has 0 aliphatic rings. The van der Waals surface area contributed by atoms with Gasteiger partial charge in [0.05, 0.1) is 18.1 Å². The van der Waals surface area contributed by atoms with Crippen molar-refractivity contribution in [3.63, 3.8) is 0 Å². The fourth-order valence-corrected chi connectivity index (χ4v) is 3.37. The SMILES string of the molecule is COc1ccc(OCc2nc3cc(Sc4ccncc4)ccc3[nH]2)cc1. The molecule has 26 heavy (non-hydrogen) atoms. The van der Waals surface area contributed by atoms with Crippen LogP contribution in [0.4, 0.5) is 0 Å². The number of aromatic nitrogens is 3. The van der Waals surface area contributed by atoms with Crippen molar-refractivity contribution in [2.24, 2.45) is 0 Å². The van der Waals surface area contributed by atoms with Crippen molar-refractivity contribution in [1.82, 2.24) is 15.0 Å². The number of imidazole rings is 1. The Morgan fingerprint density at radius 1 is 0.923 bits per heavy atom. The summed E-state index contributed by atoms with van der Waals surface area (Å²) >= 11 is 1.69. The fourth-order valence-electron chi connectivity index (χ4n) is 2.54. The first-order valence-corrected chi connectivity index (χ1v) is 8.95. The van der Waals surface area contributed by atoms with E-state index in [0.29, 0.717) is 6.61 Å². The lowest BCUT2D eigenvalue weighted by Crippen LogP contribution is -1.97. The smallest absolute Gasteiger partial charge is 0.146 e. The molecular weight excluding hydrogens is 346 g/mol. The van der Waals surface area contributed by atoms with E-state index in [4.69, 9.17) is 9.47 Å². The molecule has 2 heterocycles. The zero-order valence-corrected chi connectivity index (χ0v) is 15.0. The van der Waals surface area contributed by atoms with Gasteiger partial charge in [-0.3, -0.25) is 4.98 Å². The zero-order valence-electron chi connectivity index (χ0n) is 14.2. The fraction of sp³-hybridized carbons (Fsp3) is 0.100. The Hall–Kier alpha value is -2.99. The lowest BCUT2D eigenvalue weighted by atomic mass is 10.3. The number of nitrogens with one attached hydrogen (secondary N) is 1. The second-order valence-corrected chi connectivity index (χ2v) is 6.76. The van der Waals surface area contributed by atoms with Gasteiger partial charge in [0, 0.05) is 22.2 Å². The maximum atomic E-state index is 5.79. The lowest BCUT2D eigenvalue weighted by molar-refractivity contribution is 0.297. The first-order chi connectivity index (χ1) is 12.8. The molecule has 0 aliphatic heterocycles. The third-order valence-corrected chi connectivity index (χ3v) is 4.82. The Labute approximate surface area is 155 Å². The Kier molecular flexibility index (Phi) is 4.75. The molecule has 0 bridgehead atoms. The highest BCUT2D eigenvalue weighted by atomic mass is 32.2. The molecule has 2 aromatic carbocycles. The molecule has 4 aromatic rings. The molecule has 130 valence electrons. The van der Waals surface area contributed by atoms with Crippen LogP contribution in [-0.4, -0.2) is 22.1 Å². The van der Waals surface area contributed by atoms with Gasteiger partial charge in [0.1, 0.15) is 23.9 Å². The van der Waals surface area contributed by atoms with Crippen molar-refractivity contribution in [2.75, 3.05) is 7.11 Å². The van der Waals surface area contributed by atoms with Gasteiger partial charge in [-0.1, -0.05) is 11.8 Å². The number of rotatable bonds is 6. The van der Waals surface area contributed by atoms with Gasteiger partial charge in [-0.15, -0.1) is 0 Å². The van der Waals surface area contributed by atoms with Gasteiger partial charge >= 0.3 is 0 Å². The topological polar surface area (TPSA) is 60.0 Å². The molecule has 0 radical (unpaired) electrons. The number of nitrogens with zero attached hydrogens (tertiary/aromatic N) is 2. The third-order valence-electron chi connectivity index (χ3n) is 3.82. The van der Waals surface area contributed by atoms with E-state index in [2.05, 4.69) is 27.1 Å². The quantitative estimate of drug-likeness (QED) is 0.538.